The second-order valence-corrected chi connectivity index (χ2v) is 13.5. The third-order valence-electron chi connectivity index (χ3n) is 10.0. The molecule has 5 aliphatic rings. The van der Waals surface area contributed by atoms with E-state index in [0.717, 1.165) is 19.4 Å². The monoisotopic (exact) mass is 794 g/mol. The molecule has 4 aliphatic heterocycles. The zero-order valence-electron chi connectivity index (χ0n) is 29.5. The van der Waals surface area contributed by atoms with Crippen LogP contribution in [0.25, 0.3) is 6.08 Å². The zero-order valence-corrected chi connectivity index (χ0v) is 29.5. The Bertz CT molecular complexity index is 1740. The van der Waals surface area contributed by atoms with Crippen molar-refractivity contribution in [2.75, 3.05) is 26.9 Å². The number of hydrogen-bond donors (Lipinski definition) is 9. The summed E-state index contributed by atoms with van der Waals surface area (Å²) in [7, 11) is 1.13. The summed E-state index contributed by atoms with van der Waals surface area (Å²) in [5, 5.41) is 92.9. The van der Waals surface area contributed by atoms with Crippen molar-refractivity contribution >= 4 is 24.0 Å². The third kappa shape index (κ3) is 8.09. The maximum Gasteiger partial charge on any atom is 0.337 e. The van der Waals surface area contributed by atoms with E-state index in [4.69, 9.17) is 37.9 Å². The van der Waals surface area contributed by atoms with Crippen molar-refractivity contribution in [1.29, 1.82) is 0 Å². The lowest BCUT2D eigenvalue weighted by molar-refractivity contribution is -0.344. The van der Waals surface area contributed by atoms with Crippen LogP contribution in [0.5, 0.6) is 5.75 Å². The zero-order chi connectivity index (χ0) is 40.5. The number of aromatic hydroxyl groups is 1. The van der Waals surface area contributed by atoms with Gasteiger partial charge in [0.05, 0.1) is 50.3 Å². The number of fused-ring (bicyclic) bond motifs is 2. The average Bonchev–Trinajstić information content (AvgIpc) is 3.73. The highest BCUT2D eigenvalue weighted by Gasteiger charge is 2.60. The quantitative estimate of drug-likeness (QED) is 0.0427. The van der Waals surface area contributed by atoms with E-state index >= 15 is 0 Å². The number of benzene rings is 1. The van der Waals surface area contributed by atoms with Gasteiger partial charge in [-0.05, 0) is 35.9 Å². The van der Waals surface area contributed by atoms with Gasteiger partial charge in [-0.15, -0.1) is 0 Å². The maximum atomic E-state index is 13.3. The van der Waals surface area contributed by atoms with Gasteiger partial charge in [0.15, 0.2) is 24.3 Å². The Balaban J connectivity index is 1.14. The van der Waals surface area contributed by atoms with E-state index in [-0.39, 0.29) is 16.9 Å². The first-order valence-corrected chi connectivity index (χ1v) is 17.4. The average molecular weight is 795 g/mol. The largest absolute Gasteiger partial charge is 0.508 e. The summed E-state index contributed by atoms with van der Waals surface area (Å²) >= 11 is 0. The fraction of sp³-hybridized carbons (Fsp3) is 0.528. The molecule has 0 radical (unpaired) electrons. The van der Waals surface area contributed by atoms with Crippen molar-refractivity contribution < 1.29 is 98.2 Å². The standard InChI is InChI=1S/C36H42O20/c1-49-31(47)19-13-50-33(55-35-28(45)26(43)25(42)21(11-37)52-35)24-17(19)7-8-36(24)10-18(32(48)56-36)20(40)14-51-34-29(46)27(44)30(22(12-38)53-34)54-23(41)6-5-15-3-2-4-16(39)9-15/h2-10,13,17,20-22,24-30,33-35,37-40,42-46H,11-12,14H2,1H3/t17-,20+,21-,22-,24-,25-,26-,27-,28-,29+,30-,33-,34+,35+,36-/m0/s1. The van der Waals surface area contributed by atoms with E-state index < -0.39 is 129 Å². The molecule has 0 bridgehead atoms. The van der Waals surface area contributed by atoms with Crippen molar-refractivity contribution in [3.8, 4) is 5.75 Å². The lowest BCUT2D eigenvalue weighted by Gasteiger charge is -2.44. The molecule has 9 N–H and O–H groups in total. The molecule has 20 nitrogen and oxygen atoms in total. The Morgan fingerprint density at radius 3 is 2.36 bits per heavy atom. The first-order chi connectivity index (χ1) is 26.7. The second-order valence-electron chi connectivity index (χ2n) is 13.5. The smallest absolute Gasteiger partial charge is 0.337 e. The van der Waals surface area contributed by atoms with Crippen LogP contribution in [0.3, 0.4) is 0 Å². The minimum absolute atomic E-state index is 0.0158. The van der Waals surface area contributed by atoms with Crippen molar-refractivity contribution in [3.63, 3.8) is 0 Å². The lowest BCUT2D eigenvalue weighted by atomic mass is 9.78. The van der Waals surface area contributed by atoms with Gasteiger partial charge in [0.25, 0.3) is 0 Å². The molecule has 2 saturated heterocycles. The van der Waals surface area contributed by atoms with E-state index in [9.17, 15) is 60.3 Å². The molecule has 56 heavy (non-hydrogen) atoms. The molecule has 6 rings (SSSR count). The summed E-state index contributed by atoms with van der Waals surface area (Å²) in [5.74, 6) is -4.91. The van der Waals surface area contributed by atoms with Gasteiger partial charge in [0.1, 0.15) is 54.6 Å². The van der Waals surface area contributed by atoms with E-state index in [1.165, 1.54) is 36.4 Å². The summed E-state index contributed by atoms with van der Waals surface area (Å²) in [6.45, 7) is -2.29. The van der Waals surface area contributed by atoms with Crippen LogP contribution < -0.4 is 0 Å². The molecule has 0 unspecified atom stereocenters. The fourth-order valence-electron chi connectivity index (χ4n) is 7.09. The summed E-state index contributed by atoms with van der Waals surface area (Å²) in [6.07, 6.45) is -12.5. The molecule has 306 valence electrons. The maximum absolute atomic E-state index is 13.3. The Labute approximate surface area is 317 Å². The van der Waals surface area contributed by atoms with Gasteiger partial charge in [0, 0.05) is 12.0 Å². The molecule has 2 fully saturated rings. The van der Waals surface area contributed by atoms with E-state index in [1.54, 1.807) is 12.1 Å². The number of phenols is 1. The van der Waals surface area contributed by atoms with Crippen LogP contribution in [0, 0.1) is 11.8 Å². The number of aliphatic hydroxyl groups is 8. The highest BCUT2D eigenvalue weighted by atomic mass is 16.8. The Kier molecular flexibility index (Phi) is 12.6. The van der Waals surface area contributed by atoms with Gasteiger partial charge in [0.2, 0.25) is 6.29 Å². The minimum Gasteiger partial charge on any atom is -0.508 e. The van der Waals surface area contributed by atoms with Gasteiger partial charge in [-0.3, -0.25) is 0 Å². The molecule has 0 aromatic heterocycles. The summed E-state index contributed by atoms with van der Waals surface area (Å²) in [6, 6.07) is 5.96. The van der Waals surface area contributed by atoms with Gasteiger partial charge < -0.3 is 83.9 Å². The number of carbonyl (C=O) groups is 3. The van der Waals surface area contributed by atoms with Crippen LogP contribution in [0.15, 0.2) is 66.0 Å². The molecule has 0 amide bonds. The van der Waals surface area contributed by atoms with Gasteiger partial charge in [-0.25, -0.2) is 14.4 Å². The molecule has 0 saturated carbocycles. The SMILES string of the molecule is COC(=O)C1=CO[C@@H](O[C@H]2O[C@@H](CO)[C@H](O)[C@H](O)[C@@H]2O)[C@@H]2[C@H]1C=C[C@]21C=C([C@H](O)CO[C@@H]2O[C@@H](CO)[C@H](OC(=O)C=Cc3cccc(O)c3)[C@@H](O)[C@H]2O)C(=O)O1. The number of ether oxygens (including phenoxy) is 8. The van der Waals surface area contributed by atoms with E-state index in [2.05, 4.69) is 0 Å². The topological polar surface area (TPSA) is 307 Å². The van der Waals surface area contributed by atoms with Crippen LogP contribution in [0.1, 0.15) is 5.56 Å². The van der Waals surface area contributed by atoms with Crippen LogP contribution >= 0.6 is 0 Å². The van der Waals surface area contributed by atoms with Crippen molar-refractivity contribution in [2.24, 2.45) is 11.8 Å². The molecule has 1 aliphatic carbocycles. The van der Waals surface area contributed by atoms with E-state index in [0.29, 0.717) is 5.56 Å². The number of carbonyl (C=O) groups excluding carboxylic acids is 3. The summed E-state index contributed by atoms with van der Waals surface area (Å²) in [4.78, 5) is 38.5. The van der Waals surface area contributed by atoms with Crippen molar-refractivity contribution in [2.45, 2.75) is 79.4 Å². The van der Waals surface area contributed by atoms with Crippen LogP contribution in [0.2, 0.25) is 0 Å². The first kappa shape index (κ1) is 41.3. The van der Waals surface area contributed by atoms with Crippen LogP contribution in [0.4, 0.5) is 0 Å². The highest BCUT2D eigenvalue weighted by Crippen LogP contribution is 2.51. The molecule has 20 heteroatoms. The molecule has 4 heterocycles. The van der Waals surface area contributed by atoms with Crippen molar-refractivity contribution in [1.82, 2.24) is 0 Å². The van der Waals surface area contributed by atoms with Crippen molar-refractivity contribution in [3.05, 3.63) is 71.5 Å². The number of esters is 3. The van der Waals surface area contributed by atoms with Gasteiger partial charge in [-0.2, -0.15) is 0 Å². The number of rotatable bonds is 12. The van der Waals surface area contributed by atoms with Gasteiger partial charge in [-0.1, -0.05) is 18.2 Å². The predicted octanol–water partition coefficient (Wildman–Crippen LogP) is -3.61. The second kappa shape index (κ2) is 17.1. The fourth-order valence-corrected chi connectivity index (χ4v) is 7.09. The first-order valence-electron chi connectivity index (χ1n) is 17.4. The summed E-state index contributed by atoms with van der Waals surface area (Å²) < 4.78 is 43.9. The minimum atomic E-state index is -1.88. The van der Waals surface area contributed by atoms with E-state index in [1.807, 2.05) is 0 Å². The Morgan fingerprint density at radius 1 is 0.946 bits per heavy atom. The molecule has 1 aromatic rings. The number of aliphatic hydroxyl groups excluding tert-OH is 8. The van der Waals surface area contributed by atoms with Crippen LogP contribution in [-0.4, -0.2) is 170 Å². The molecule has 15 atom stereocenters. The number of phenolic OH excluding ortho intramolecular Hbond substituents is 1. The number of hydrogen-bond acceptors (Lipinski definition) is 20. The molecular formula is C36H42O20. The summed E-state index contributed by atoms with van der Waals surface area (Å²) in [5.41, 5.74) is -1.68. The highest BCUT2D eigenvalue weighted by molar-refractivity contribution is 5.94. The molecule has 1 spiro atoms. The Hall–Kier alpha value is -4.29. The van der Waals surface area contributed by atoms with Gasteiger partial charge >= 0.3 is 17.9 Å². The normalized spacial score (nSPS) is 38.4. The Morgan fingerprint density at radius 2 is 1.66 bits per heavy atom. The third-order valence-corrected chi connectivity index (χ3v) is 10.0. The molecular weight excluding hydrogens is 752 g/mol. The van der Waals surface area contributed by atoms with Crippen LogP contribution in [-0.2, 0) is 52.3 Å². The lowest BCUT2D eigenvalue weighted by Crippen LogP contribution is -2.60. The molecule has 1 aromatic carbocycles. The number of methoxy groups -OCH3 is 1. The number of allylic oxidation sites excluding steroid dienone is 1. The predicted molar refractivity (Wildman–Crippen MR) is 180 cm³/mol.